The van der Waals surface area contributed by atoms with E-state index in [0.29, 0.717) is 15.0 Å². The molecule has 1 aliphatic carbocycles. The van der Waals surface area contributed by atoms with Crippen LogP contribution >= 0.6 is 28.1 Å². The zero-order chi connectivity index (χ0) is 14.0. The number of carbonyl (C=O) groups is 1. The molecule has 3 N–H and O–H groups in total. The van der Waals surface area contributed by atoms with Crippen LogP contribution in [0.15, 0.2) is 22.7 Å². The highest BCUT2D eigenvalue weighted by Gasteiger charge is 2.30. The highest BCUT2D eigenvalue weighted by molar-refractivity contribution is 9.10. The molecule has 19 heavy (non-hydrogen) atoms. The third kappa shape index (κ3) is 3.30. The number of hydrogen-bond acceptors (Lipinski definition) is 2. The monoisotopic (exact) mass is 344 g/mol. The average molecular weight is 345 g/mol. The fourth-order valence-corrected chi connectivity index (χ4v) is 2.89. The maximum atomic E-state index is 13.4. The van der Waals surface area contributed by atoms with Gasteiger partial charge in [0.05, 0.1) is 9.46 Å². The fraction of sp³-hybridized carbons (Fsp3) is 0.385. The van der Waals surface area contributed by atoms with Gasteiger partial charge in [0.25, 0.3) is 5.91 Å². The Labute approximate surface area is 124 Å². The maximum absolute atomic E-state index is 13.4. The Hall–Kier alpha value is -1.01. The van der Waals surface area contributed by atoms with Crippen molar-refractivity contribution in [2.45, 2.75) is 25.3 Å². The Bertz CT molecular complexity index is 523. The SMILES string of the molecule is NC(=S)C1CCCC1NC(=O)c1ccc(Br)c(F)c1. The van der Waals surface area contributed by atoms with Gasteiger partial charge in [-0.3, -0.25) is 4.79 Å². The molecule has 1 aromatic rings. The number of thiocarbonyl (C=S) groups is 1. The average Bonchev–Trinajstić information content (AvgIpc) is 2.80. The number of halogens is 2. The van der Waals surface area contributed by atoms with E-state index in [-0.39, 0.29) is 17.9 Å². The summed E-state index contributed by atoms with van der Waals surface area (Å²) in [6.07, 6.45) is 2.74. The fourth-order valence-electron chi connectivity index (χ4n) is 2.36. The summed E-state index contributed by atoms with van der Waals surface area (Å²) < 4.78 is 13.7. The van der Waals surface area contributed by atoms with Crippen LogP contribution in [0.25, 0.3) is 0 Å². The molecule has 102 valence electrons. The highest BCUT2D eigenvalue weighted by Crippen LogP contribution is 2.26. The molecular formula is C13H14BrFN2OS. The predicted octanol–water partition coefficient (Wildman–Crippen LogP) is 2.77. The standard InChI is InChI=1S/C13H14BrFN2OS/c14-9-5-4-7(6-10(9)15)13(18)17-11-3-1-2-8(11)12(16)19/h4-6,8,11H,1-3H2,(H2,16,19)(H,17,18). The van der Waals surface area contributed by atoms with Crippen LogP contribution in [0.4, 0.5) is 4.39 Å². The first-order chi connectivity index (χ1) is 8.99. The van der Waals surface area contributed by atoms with Crippen LogP contribution in [0.2, 0.25) is 0 Å². The molecule has 3 nitrogen and oxygen atoms in total. The van der Waals surface area contributed by atoms with Crippen LogP contribution in [0.1, 0.15) is 29.6 Å². The minimum atomic E-state index is -0.454. The molecule has 2 rings (SSSR count). The predicted molar refractivity (Wildman–Crippen MR) is 79.5 cm³/mol. The topological polar surface area (TPSA) is 55.1 Å². The lowest BCUT2D eigenvalue weighted by atomic mass is 10.0. The molecule has 0 saturated heterocycles. The smallest absolute Gasteiger partial charge is 0.251 e. The van der Waals surface area contributed by atoms with Gasteiger partial charge in [-0.1, -0.05) is 18.6 Å². The summed E-state index contributed by atoms with van der Waals surface area (Å²) in [5.74, 6) is -0.705. The van der Waals surface area contributed by atoms with Crippen LogP contribution in [-0.2, 0) is 0 Å². The van der Waals surface area contributed by atoms with Crippen molar-refractivity contribution >= 4 is 39.0 Å². The molecule has 0 spiro atoms. The van der Waals surface area contributed by atoms with Crippen LogP contribution in [-0.4, -0.2) is 16.9 Å². The quantitative estimate of drug-likeness (QED) is 0.829. The van der Waals surface area contributed by atoms with Gasteiger partial charge in [-0.15, -0.1) is 0 Å². The number of hydrogen-bond donors (Lipinski definition) is 2. The minimum Gasteiger partial charge on any atom is -0.393 e. The van der Waals surface area contributed by atoms with Crippen molar-refractivity contribution in [2.24, 2.45) is 11.7 Å². The lowest BCUT2D eigenvalue weighted by Gasteiger charge is -2.20. The summed E-state index contributed by atoms with van der Waals surface area (Å²) in [4.78, 5) is 12.5. The van der Waals surface area contributed by atoms with Gasteiger partial charge in [0.15, 0.2) is 0 Å². The Morgan fingerprint density at radius 1 is 1.47 bits per heavy atom. The molecule has 0 aliphatic heterocycles. The van der Waals surface area contributed by atoms with E-state index in [0.717, 1.165) is 19.3 Å². The van der Waals surface area contributed by atoms with E-state index < -0.39 is 5.82 Å². The largest absolute Gasteiger partial charge is 0.393 e. The number of amides is 1. The maximum Gasteiger partial charge on any atom is 0.251 e. The third-order valence-corrected chi connectivity index (χ3v) is 4.33. The van der Waals surface area contributed by atoms with Gasteiger partial charge >= 0.3 is 0 Å². The first-order valence-corrected chi connectivity index (χ1v) is 7.24. The summed E-state index contributed by atoms with van der Waals surface area (Å²) in [6.45, 7) is 0. The van der Waals surface area contributed by atoms with Gasteiger partial charge in [0.2, 0.25) is 0 Å². The first kappa shape index (κ1) is 14.4. The molecule has 0 radical (unpaired) electrons. The van der Waals surface area contributed by atoms with E-state index >= 15 is 0 Å². The molecule has 1 amide bonds. The van der Waals surface area contributed by atoms with Crippen LogP contribution in [0.3, 0.4) is 0 Å². The Morgan fingerprint density at radius 2 is 2.21 bits per heavy atom. The van der Waals surface area contributed by atoms with Crippen molar-refractivity contribution in [3.8, 4) is 0 Å². The number of nitrogens with two attached hydrogens (primary N) is 1. The van der Waals surface area contributed by atoms with Crippen LogP contribution in [0.5, 0.6) is 0 Å². The van der Waals surface area contributed by atoms with Gasteiger partial charge in [0, 0.05) is 17.5 Å². The van der Waals surface area contributed by atoms with Crippen molar-refractivity contribution in [3.63, 3.8) is 0 Å². The summed E-state index contributed by atoms with van der Waals surface area (Å²) in [5.41, 5.74) is 5.96. The summed E-state index contributed by atoms with van der Waals surface area (Å²) in [5, 5.41) is 2.88. The first-order valence-electron chi connectivity index (χ1n) is 6.04. The molecule has 0 aromatic heterocycles. The molecule has 6 heteroatoms. The zero-order valence-electron chi connectivity index (χ0n) is 10.2. The molecular weight excluding hydrogens is 331 g/mol. The van der Waals surface area contributed by atoms with Gasteiger partial charge in [-0.05, 0) is 47.0 Å². The van der Waals surface area contributed by atoms with E-state index in [9.17, 15) is 9.18 Å². The third-order valence-electron chi connectivity index (χ3n) is 3.38. The summed E-state index contributed by atoms with van der Waals surface area (Å²) in [6, 6.07) is 4.26. The van der Waals surface area contributed by atoms with Gasteiger partial charge < -0.3 is 11.1 Å². The zero-order valence-corrected chi connectivity index (χ0v) is 12.6. The second-order valence-corrected chi connectivity index (χ2v) is 5.97. The molecule has 0 bridgehead atoms. The Balaban J connectivity index is 2.08. The van der Waals surface area contributed by atoms with Gasteiger partial charge in [-0.2, -0.15) is 0 Å². The lowest BCUT2D eigenvalue weighted by Crippen LogP contribution is -2.41. The van der Waals surface area contributed by atoms with Crippen molar-refractivity contribution in [3.05, 3.63) is 34.1 Å². The summed E-state index contributed by atoms with van der Waals surface area (Å²) >= 11 is 8.06. The molecule has 1 aromatic carbocycles. The second kappa shape index (κ2) is 5.96. The molecule has 2 atom stereocenters. The van der Waals surface area contributed by atoms with Gasteiger partial charge in [0.1, 0.15) is 5.82 Å². The molecule has 1 saturated carbocycles. The van der Waals surface area contributed by atoms with Crippen LogP contribution < -0.4 is 11.1 Å². The molecule has 0 heterocycles. The second-order valence-electron chi connectivity index (χ2n) is 4.65. The summed E-state index contributed by atoms with van der Waals surface area (Å²) in [7, 11) is 0. The van der Waals surface area contributed by atoms with E-state index in [2.05, 4.69) is 21.2 Å². The van der Waals surface area contributed by atoms with E-state index in [1.54, 1.807) is 6.07 Å². The Morgan fingerprint density at radius 3 is 2.84 bits per heavy atom. The molecule has 1 aliphatic rings. The van der Waals surface area contributed by atoms with Crippen molar-refractivity contribution < 1.29 is 9.18 Å². The Kier molecular flexibility index (Phi) is 4.52. The lowest BCUT2D eigenvalue weighted by molar-refractivity contribution is 0.0933. The van der Waals surface area contributed by atoms with E-state index in [1.165, 1.54) is 12.1 Å². The molecule has 2 unspecified atom stereocenters. The number of rotatable bonds is 3. The van der Waals surface area contributed by atoms with Crippen LogP contribution in [0, 0.1) is 11.7 Å². The van der Waals surface area contributed by atoms with Crippen molar-refractivity contribution in [2.75, 3.05) is 0 Å². The minimum absolute atomic E-state index is 0.0410. The molecule has 1 fully saturated rings. The number of carbonyl (C=O) groups excluding carboxylic acids is 1. The number of nitrogens with one attached hydrogen (secondary N) is 1. The highest BCUT2D eigenvalue weighted by atomic mass is 79.9. The van der Waals surface area contributed by atoms with Crippen molar-refractivity contribution in [1.82, 2.24) is 5.32 Å². The van der Waals surface area contributed by atoms with Gasteiger partial charge in [-0.25, -0.2) is 4.39 Å². The van der Waals surface area contributed by atoms with E-state index in [1.807, 2.05) is 0 Å². The number of benzene rings is 1. The van der Waals surface area contributed by atoms with Crippen molar-refractivity contribution in [1.29, 1.82) is 0 Å². The van der Waals surface area contributed by atoms with E-state index in [4.69, 9.17) is 18.0 Å². The normalized spacial score (nSPS) is 22.2.